The summed E-state index contributed by atoms with van der Waals surface area (Å²) in [6.45, 7) is -0.0132. The van der Waals surface area contributed by atoms with E-state index < -0.39 is 5.41 Å². The van der Waals surface area contributed by atoms with Gasteiger partial charge in [-0.05, 0) is 24.8 Å². The van der Waals surface area contributed by atoms with Crippen LogP contribution in [0.4, 0.5) is 0 Å². The lowest BCUT2D eigenvalue weighted by molar-refractivity contribution is -0.127. The third-order valence-electron chi connectivity index (χ3n) is 3.34. The number of hydrogen-bond donors (Lipinski definition) is 1. The van der Waals surface area contributed by atoms with Gasteiger partial charge in [0, 0.05) is 6.42 Å². The van der Waals surface area contributed by atoms with Crippen LogP contribution >= 0.6 is 0 Å². The lowest BCUT2D eigenvalue weighted by atomic mass is 9.80. The number of carbonyl (C=O) groups is 1. The van der Waals surface area contributed by atoms with Crippen molar-refractivity contribution in [2.24, 2.45) is 5.41 Å². The Balaban J connectivity index is 2.19. The van der Waals surface area contributed by atoms with Gasteiger partial charge in [-0.15, -0.1) is 0 Å². The Morgan fingerprint density at radius 1 is 1.27 bits per heavy atom. The summed E-state index contributed by atoms with van der Waals surface area (Å²) in [6.07, 6.45) is 3.07. The smallest absolute Gasteiger partial charge is 0.141 e. The molecule has 0 saturated heterocycles. The second-order valence-electron chi connectivity index (χ2n) is 4.38. The van der Waals surface area contributed by atoms with Crippen LogP contribution in [0.3, 0.4) is 0 Å². The molecule has 1 atom stereocenters. The molecule has 1 aromatic carbocycles. The predicted molar refractivity (Wildman–Crippen MR) is 58.5 cm³/mol. The molecule has 15 heavy (non-hydrogen) atoms. The fourth-order valence-corrected chi connectivity index (χ4v) is 2.39. The standard InChI is InChI=1S/C13H16O2/c14-10-13(8-4-7-12(13)15)9-11-5-2-1-3-6-11/h1-3,5-6,14H,4,7-10H2/t13-/m0/s1. The van der Waals surface area contributed by atoms with Gasteiger partial charge in [0.25, 0.3) is 0 Å². The van der Waals surface area contributed by atoms with E-state index in [1.165, 1.54) is 0 Å². The van der Waals surface area contributed by atoms with E-state index in [0.717, 1.165) is 18.4 Å². The quantitative estimate of drug-likeness (QED) is 0.817. The highest BCUT2D eigenvalue weighted by Crippen LogP contribution is 2.37. The number of aliphatic hydroxyl groups is 1. The Morgan fingerprint density at radius 3 is 2.53 bits per heavy atom. The highest BCUT2D eigenvalue weighted by atomic mass is 16.3. The Bertz CT molecular complexity index is 345. The van der Waals surface area contributed by atoms with Crippen LogP contribution in [0.2, 0.25) is 0 Å². The molecule has 1 N–H and O–H groups in total. The minimum atomic E-state index is -0.485. The molecule has 2 heteroatoms. The summed E-state index contributed by atoms with van der Waals surface area (Å²) in [5.74, 6) is 0.230. The van der Waals surface area contributed by atoms with E-state index in [-0.39, 0.29) is 12.4 Å². The van der Waals surface area contributed by atoms with E-state index in [1.54, 1.807) is 0 Å². The SMILES string of the molecule is O=C1CCC[C@@]1(CO)Cc1ccccc1. The molecule has 0 spiro atoms. The highest BCUT2D eigenvalue weighted by molar-refractivity contribution is 5.87. The van der Waals surface area contributed by atoms with Crippen LogP contribution in [-0.4, -0.2) is 17.5 Å². The number of ketones is 1. The zero-order chi connectivity index (χ0) is 10.7. The van der Waals surface area contributed by atoms with Gasteiger partial charge in [-0.2, -0.15) is 0 Å². The Labute approximate surface area is 89.9 Å². The molecule has 0 radical (unpaired) electrons. The van der Waals surface area contributed by atoms with Crippen molar-refractivity contribution in [3.05, 3.63) is 35.9 Å². The first kappa shape index (κ1) is 10.4. The van der Waals surface area contributed by atoms with E-state index in [1.807, 2.05) is 30.3 Å². The van der Waals surface area contributed by atoms with Crippen LogP contribution in [0.25, 0.3) is 0 Å². The minimum absolute atomic E-state index is 0.0132. The first-order valence-corrected chi connectivity index (χ1v) is 5.45. The average molecular weight is 204 g/mol. The maximum atomic E-state index is 11.8. The second kappa shape index (κ2) is 4.15. The van der Waals surface area contributed by atoms with Crippen molar-refractivity contribution in [2.45, 2.75) is 25.7 Å². The number of hydrogen-bond acceptors (Lipinski definition) is 2. The maximum Gasteiger partial charge on any atom is 0.141 e. The zero-order valence-electron chi connectivity index (χ0n) is 8.78. The molecule has 80 valence electrons. The molecule has 2 nitrogen and oxygen atoms in total. The van der Waals surface area contributed by atoms with E-state index in [0.29, 0.717) is 12.8 Å². The molecule has 0 heterocycles. The molecule has 0 aliphatic heterocycles. The van der Waals surface area contributed by atoms with Crippen LogP contribution in [0, 0.1) is 5.41 Å². The molecule has 1 aliphatic rings. The van der Waals surface area contributed by atoms with Gasteiger partial charge < -0.3 is 5.11 Å². The molecule has 1 aliphatic carbocycles. The number of Topliss-reactive ketones (excluding diaryl/α,β-unsaturated/α-hetero) is 1. The Kier molecular flexibility index (Phi) is 2.87. The van der Waals surface area contributed by atoms with Gasteiger partial charge in [0.15, 0.2) is 0 Å². The molecule has 1 fully saturated rings. The highest BCUT2D eigenvalue weighted by Gasteiger charge is 2.41. The summed E-state index contributed by atoms with van der Waals surface area (Å²) in [5, 5.41) is 9.43. The van der Waals surface area contributed by atoms with Gasteiger partial charge >= 0.3 is 0 Å². The van der Waals surface area contributed by atoms with E-state index in [9.17, 15) is 9.90 Å². The fraction of sp³-hybridized carbons (Fsp3) is 0.462. The van der Waals surface area contributed by atoms with Crippen LogP contribution in [-0.2, 0) is 11.2 Å². The lowest BCUT2D eigenvalue weighted by Gasteiger charge is -2.24. The summed E-state index contributed by atoms with van der Waals surface area (Å²) in [4.78, 5) is 11.8. The normalized spacial score (nSPS) is 25.8. The molecular weight excluding hydrogens is 188 g/mol. The van der Waals surface area contributed by atoms with Gasteiger partial charge in [-0.1, -0.05) is 30.3 Å². The van der Waals surface area contributed by atoms with E-state index in [2.05, 4.69) is 0 Å². The molecule has 2 rings (SSSR count). The molecular formula is C13H16O2. The summed E-state index contributed by atoms with van der Waals surface area (Å²) >= 11 is 0. The van der Waals surface area contributed by atoms with Crippen molar-refractivity contribution >= 4 is 5.78 Å². The summed E-state index contributed by atoms with van der Waals surface area (Å²) in [7, 11) is 0. The van der Waals surface area contributed by atoms with E-state index >= 15 is 0 Å². The van der Waals surface area contributed by atoms with Crippen molar-refractivity contribution in [1.29, 1.82) is 0 Å². The van der Waals surface area contributed by atoms with Gasteiger partial charge in [-0.25, -0.2) is 0 Å². The second-order valence-corrected chi connectivity index (χ2v) is 4.38. The van der Waals surface area contributed by atoms with Crippen molar-refractivity contribution in [3.8, 4) is 0 Å². The molecule has 0 bridgehead atoms. The van der Waals surface area contributed by atoms with Crippen LogP contribution in [0.15, 0.2) is 30.3 Å². The lowest BCUT2D eigenvalue weighted by Crippen LogP contribution is -2.32. The average Bonchev–Trinajstić information content (AvgIpc) is 2.62. The molecule has 0 unspecified atom stereocenters. The monoisotopic (exact) mass is 204 g/mol. The third kappa shape index (κ3) is 1.95. The first-order chi connectivity index (χ1) is 7.27. The Morgan fingerprint density at radius 2 is 2.00 bits per heavy atom. The minimum Gasteiger partial charge on any atom is -0.395 e. The summed E-state index contributed by atoms with van der Waals surface area (Å²) in [5.41, 5.74) is 0.656. The Hall–Kier alpha value is -1.15. The van der Waals surface area contributed by atoms with Gasteiger partial charge in [0.05, 0.1) is 12.0 Å². The summed E-state index contributed by atoms with van der Waals surface area (Å²) in [6, 6.07) is 9.94. The zero-order valence-corrected chi connectivity index (χ0v) is 8.78. The van der Waals surface area contributed by atoms with Crippen molar-refractivity contribution in [3.63, 3.8) is 0 Å². The number of rotatable bonds is 3. The van der Waals surface area contributed by atoms with Gasteiger partial charge in [0.2, 0.25) is 0 Å². The van der Waals surface area contributed by atoms with Crippen molar-refractivity contribution in [1.82, 2.24) is 0 Å². The van der Waals surface area contributed by atoms with Gasteiger partial charge in [0.1, 0.15) is 5.78 Å². The number of aliphatic hydroxyl groups excluding tert-OH is 1. The predicted octanol–water partition coefficient (Wildman–Crippen LogP) is 1.96. The number of carbonyl (C=O) groups excluding carboxylic acids is 1. The van der Waals surface area contributed by atoms with Crippen LogP contribution < -0.4 is 0 Å². The largest absolute Gasteiger partial charge is 0.395 e. The molecule has 1 saturated carbocycles. The molecule has 1 aromatic rings. The first-order valence-electron chi connectivity index (χ1n) is 5.45. The molecule has 0 aromatic heterocycles. The van der Waals surface area contributed by atoms with Crippen molar-refractivity contribution < 1.29 is 9.90 Å². The summed E-state index contributed by atoms with van der Waals surface area (Å²) < 4.78 is 0. The third-order valence-corrected chi connectivity index (χ3v) is 3.34. The van der Waals surface area contributed by atoms with Crippen LogP contribution in [0.5, 0.6) is 0 Å². The van der Waals surface area contributed by atoms with E-state index in [4.69, 9.17) is 0 Å². The number of benzene rings is 1. The van der Waals surface area contributed by atoms with Gasteiger partial charge in [-0.3, -0.25) is 4.79 Å². The molecule has 0 amide bonds. The fourth-order valence-electron chi connectivity index (χ4n) is 2.39. The van der Waals surface area contributed by atoms with Crippen molar-refractivity contribution in [2.75, 3.05) is 6.61 Å². The van der Waals surface area contributed by atoms with Crippen LogP contribution in [0.1, 0.15) is 24.8 Å². The topological polar surface area (TPSA) is 37.3 Å². The maximum absolute atomic E-state index is 11.8.